The molecule has 0 N–H and O–H groups in total. The Morgan fingerprint density at radius 1 is 1.44 bits per heavy atom. The molecule has 0 atom stereocenters. The summed E-state index contributed by atoms with van der Waals surface area (Å²) in [4.78, 5) is 21.0. The molecule has 0 bridgehead atoms. The van der Waals surface area contributed by atoms with Crippen LogP contribution in [0.3, 0.4) is 0 Å². The van der Waals surface area contributed by atoms with Crippen molar-refractivity contribution in [2.24, 2.45) is 0 Å². The second-order valence-corrected chi connectivity index (χ2v) is 4.69. The first kappa shape index (κ1) is 12.6. The van der Waals surface area contributed by atoms with Gasteiger partial charge in [-0.2, -0.15) is 0 Å². The van der Waals surface area contributed by atoms with E-state index >= 15 is 0 Å². The summed E-state index contributed by atoms with van der Waals surface area (Å²) in [5.74, 6) is -1.07. The Morgan fingerprint density at radius 3 is 2.38 bits per heavy atom. The van der Waals surface area contributed by atoms with Crippen LogP contribution in [0, 0.1) is 10.1 Å². The first-order valence-corrected chi connectivity index (χ1v) is 5.49. The minimum atomic E-state index is -3.97. The average molecular weight is 249 g/mol. The van der Waals surface area contributed by atoms with Gasteiger partial charge in [-0.05, 0) is 6.07 Å². The molecule has 0 aliphatic carbocycles. The fourth-order valence-electron chi connectivity index (χ4n) is 0.916. The van der Waals surface area contributed by atoms with E-state index in [1.54, 1.807) is 0 Å². The maximum Gasteiger partial charge on any atom is 0.433 e. The van der Waals surface area contributed by atoms with Crippen LogP contribution in [0.5, 0.6) is 0 Å². The summed E-state index contributed by atoms with van der Waals surface area (Å²) >= 11 is 0. The minimum Gasteiger partial charge on any atom is -0.397 e. The van der Waals surface area contributed by atoms with Crippen LogP contribution in [0.15, 0.2) is 16.5 Å². The molecule has 88 valence electrons. The van der Waals surface area contributed by atoms with Crippen molar-refractivity contribution >= 4 is 19.0 Å². The van der Waals surface area contributed by atoms with Crippen molar-refractivity contribution in [1.82, 2.24) is 0 Å². The topological polar surface area (TPSA) is 109 Å². The van der Waals surface area contributed by atoms with Crippen molar-refractivity contribution in [1.29, 1.82) is 0 Å². The van der Waals surface area contributed by atoms with Crippen molar-refractivity contribution in [2.45, 2.75) is 0 Å². The molecule has 1 aromatic heterocycles. The van der Waals surface area contributed by atoms with E-state index in [1.165, 1.54) is 0 Å². The largest absolute Gasteiger partial charge is 0.433 e. The third kappa shape index (κ3) is 2.19. The molecule has 1 rings (SSSR count). The van der Waals surface area contributed by atoms with Gasteiger partial charge in [0.2, 0.25) is 0 Å². The van der Waals surface area contributed by atoms with E-state index in [0.29, 0.717) is 0 Å². The second-order valence-electron chi connectivity index (χ2n) is 2.56. The van der Waals surface area contributed by atoms with Crippen LogP contribution in [0.2, 0.25) is 0 Å². The molecule has 9 heteroatoms. The van der Waals surface area contributed by atoms with Gasteiger partial charge in [-0.25, -0.2) is 0 Å². The van der Waals surface area contributed by atoms with E-state index in [0.717, 1.165) is 26.4 Å². The van der Waals surface area contributed by atoms with Crippen LogP contribution < -0.4 is 0 Å². The van der Waals surface area contributed by atoms with E-state index in [2.05, 4.69) is 13.5 Å². The van der Waals surface area contributed by atoms with Crippen LogP contribution in [-0.2, 0) is 13.6 Å². The third-order valence-electron chi connectivity index (χ3n) is 1.71. The lowest BCUT2D eigenvalue weighted by atomic mass is 10.5. The Kier molecular flexibility index (Phi) is 3.58. The lowest BCUT2D eigenvalue weighted by Crippen LogP contribution is -2.02. The van der Waals surface area contributed by atoms with Gasteiger partial charge in [0.15, 0.2) is 5.76 Å². The molecule has 0 unspecified atom stereocenters. The molecule has 0 amide bonds. The zero-order valence-corrected chi connectivity index (χ0v) is 9.30. The van der Waals surface area contributed by atoms with Crippen molar-refractivity contribution in [3.63, 3.8) is 0 Å². The number of nitrogens with zero attached hydrogens (tertiary/aromatic N) is 1. The number of rotatable bonds is 5. The van der Waals surface area contributed by atoms with Gasteiger partial charge in [-0.3, -0.25) is 19.5 Å². The first-order chi connectivity index (χ1) is 7.44. The highest BCUT2D eigenvalue weighted by molar-refractivity contribution is 7.72. The number of hydrogen-bond donors (Lipinski definition) is 0. The van der Waals surface area contributed by atoms with Gasteiger partial charge in [0, 0.05) is 14.2 Å². The SMILES string of the molecule is COP(=O)(OC)C(=O)c1ccc([N+](=O)[O-])o1. The number of nitro groups is 1. The normalized spacial score (nSPS) is 11.4. The van der Waals surface area contributed by atoms with Gasteiger partial charge >= 0.3 is 19.0 Å². The highest BCUT2D eigenvalue weighted by atomic mass is 31.2. The standard InChI is InChI=1S/C7H8NO7P/c1-13-16(12,14-2)7(9)5-3-4-6(15-5)8(10)11/h3-4H,1-2H3. The van der Waals surface area contributed by atoms with E-state index in [1.807, 2.05) is 0 Å². The molecule has 0 aliphatic rings. The Balaban J connectivity index is 3.05. The predicted octanol–water partition coefficient (Wildman–Crippen LogP) is 1.81. The number of furan rings is 1. The van der Waals surface area contributed by atoms with E-state index in [9.17, 15) is 19.5 Å². The summed E-state index contributed by atoms with van der Waals surface area (Å²) in [7, 11) is -1.91. The Hall–Kier alpha value is -1.50. The lowest BCUT2D eigenvalue weighted by Gasteiger charge is -2.09. The smallest absolute Gasteiger partial charge is 0.397 e. The molecule has 1 heterocycles. The quantitative estimate of drug-likeness (QED) is 0.444. The van der Waals surface area contributed by atoms with Gasteiger partial charge in [-0.1, -0.05) is 0 Å². The monoisotopic (exact) mass is 249 g/mol. The summed E-state index contributed by atoms with van der Waals surface area (Å²) in [5.41, 5.74) is -1.06. The maximum absolute atomic E-state index is 11.6. The zero-order chi connectivity index (χ0) is 12.3. The van der Waals surface area contributed by atoms with Crippen molar-refractivity contribution < 1.29 is 27.7 Å². The van der Waals surface area contributed by atoms with Crippen LogP contribution >= 0.6 is 7.60 Å². The molecule has 8 nitrogen and oxygen atoms in total. The molecule has 0 fully saturated rings. The van der Waals surface area contributed by atoms with Gasteiger partial charge in [0.1, 0.15) is 4.92 Å². The predicted molar refractivity (Wildman–Crippen MR) is 51.3 cm³/mol. The third-order valence-corrected chi connectivity index (χ3v) is 3.39. The fourth-order valence-corrected chi connectivity index (χ4v) is 1.79. The molecule has 0 saturated carbocycles. The molecule has 0 spiro atoms. The van der Waals surface area contributed by atoms with Crippen LogP contribution in [-0.4, -0.2) is 24.7 Å². The average Bonchev–Trinajstić information content (AvgIpc) is 2.76. The van der Waals surface area contributed by atoms with E-state index in [-0.39, 0.29) is 0 Å². The molecule has 1 aromatic rings. The molecule has 0 radical (unpaired) electrons. The molecule has 0 saturated heterocycles. The van der Waals surface area contributed by atoms with E-state index in [4.69, 9.17) is 0 Å². The number of carbonyl (C=O) groups excluding carboxylic acids is 1. The zero-order valence-electron chi connectivity index (χ0n) is 8.41. The summed E-state index contributed by atoms with van der Waals surface area (Å²) in [6, 6.07) is 2.01. The summed E-state index contributed by atoms with van der Waals surface area (Å²) in [6.45, 7) is 0. The highest BCUT2D eigenvalue weighted by Crippen LogP contribution is 2.49. The summed E-state index contributed by atoms with van der Waals surface area (Å²) < 4.78 is 25.0. The highest BCUT2D eigenvalue weighted by Gasteiger charge is 2.36. The lowest BCUT2D eigenvalue weighted by molar-refractivity contribution is -0.402. The summed E-state index contributed by atoms with van der Waals surface area (Å²) in [5, 5.41) is 10.3. The Morgan fingerprint density at radius 2 is 2.00 bits per heavy atom. The van der Waals surface area contributed by atoms with Crippen LogP contribution in [0.25, 0.3) is 0 Å². The number of hydrogen-bond acceptors (Lipinski definition) is 7. The Labute approximate surface area is 89.8 Å². The first-order valence-electron chi connectivity index (χ1n) is 3.95. The van der Waals surface area contributed by atoms with Gasteiger partial charge in [0.25, 0.3) is 0 Å². The molecular weight excluding hydrogens is 241 g/mol. The number of carbonyl (C=O) groups is 1. The van der Waals surface area contributed by atoms with Crippen molar-refractivity contribution in [3.8, 4) is 0 Å². The Bertz CT molecular complexity index is 457. The van der Waals surface area contributed by atoms with Crippen LogP contribution in [0.4, 0.5) is 5.88 Å². The minimum absolute atomic E-state index is 0.446. The molecule has 0 aromatic carbocycles. The summed E-state index contributed by atoms with van der Waals surface area (Å²) in [6.07, 6.45) is 0. The van der Waals surface area contributed by atoms with Crippen LogP contribution in [0.1, 0.15) is 10.6 Å². The molecule has 0 aliphatic heterocycles. The van der Waals surface area contributed by atoms with Gasteiger partial charge in [0.05, 0.1) is 6.07 Å². The maximum atomic E-state index is 11.6. The fraction of sp³-hybridized carbons (Fsp3) is 0.286. The van der Waals surface area contributed by atoms with E-state index < -0.39 is 29.7 Å². The van der Waals surface area contributed by atoms with Gasteiger partial charge in [-0.15, -0.1) is 0 Å². The van der Waals surface area contributed by atoms with Crippen molar-refractivity contribution in [3.05, 3.63) is 28.0 Å². The molecule has 16 heavy (non-hydrogen) atoms. The van der Waals surface area contributed by atoms with Crippen molar-refractivity contribution in [2.75, 3.05) is 14.2 Å². The van der Waals surface area contributed by atoms with Gasteiger partial charge < -0.3 is 13.5 Å². The molecular formula is C7H8NO7P. The second kappa shape index (κ2) is 4.56.